The van der Waals surface area contributed by atoms with Crippen LogP contribution in [0.4, 0.5) is 0 Å². The Morgan fingerprint density at radius 3 is 2.79 bits per heavy atom. The molecule has 19 heavy (non-hydrogen) atoms. The average Bonchev–Trinajstić information content (AvgIpc) is 3.00. The van der Waals surface area contributed by atoms with Crippen molar-refractivity contribution in [3.05, 3.63) is 42.3 Å². The third kappa shape index (κ3) is 1.97. The number of nitrogens with one attached hydrogen (secondary N) is 1. The molecule has 0 aliphatic carbocycles. The van der Waals surface area contributed by atoms with Gasteiger partial charge >= 0.3 is 0 Å². The molecule has 4 nitrogen and oxygen atoms in total. The normalized spacial score (nSPS) is 26.1. The monoisotopic (exact) mass is 255 g/mol. The Balaban J connectivity index is 1.48. The molecule has 2 unspecified atom stereocenters. The molecule has 2 bridgehead atoms. The maximum absolute atomic E-state index is 5.35. The van der Waals surface area contributed by atoms with Gasteiger partial charge in [0.1, 0.15) is 5.69 Å². The Bertz CT molecular complexity index is 535. The van der Waals surface area contributed by atoms with Crippen molar-refractivity contribution in [2.75, 3.05) is 13.1 Å². The Morgan fingerprint density at radius 1 is 1.26 bits per heavy atom. The molecule has 0 radical (unpaired) electrons. The van der Waals surface area contributed by atoms with Gasteiger partial charge in [-0.25, -0.2) is 0 Å². The second-order valence-corrected chi connectivity index (χ2v) is 5.40. The smallest absolute Gasteiger partial charge is 0.152 e. The fourth-order valence-corrected chi connectivity index (χ4v) is 3.12. The van der Waals surface area contributed by atoms with Crippen LogP contribution in [-0.4, -0.2) is 35.1 Å². The van der Waals surface area contributed by atoms with Crippen LogP contribution in [0.5, 0.6) is 0 Å². The summed E-state index contributed by atoms with van der Waals surface area (Å²) < 4.78 is 5.35. The molecule has 2 aromatic rings. The lowest BCUT2D eigenvalue weighted by atomic mass is 9.88. The largest absolute Gasteiger partial charge is 0.463 e. The van der Waals surface area contributed by atoms with E-state index < -0.39 is 0 Å². The summed E-state index contributed by atoms with van der Waals surface area (Å²) in [6.07, 6.45) is 5.00. The number of aromatic nitrogens is 1. The van der Waals surface area contributed by atoms with Gasteiger partial charge in [0.25, 0.3) is 0 Å². The molecule has 2 atom stereocenters. The molecule has 2 fully saturated rings. The Labute approximate surface area is 112 Å². The molecule has 4 heterocycles. The number of nitrogens with zero attached hydrogens (tertiary/aromatic N) is 2. The van der Waals surface area contributed by atoms with Crippen molar-refractivity contribution in [2.24, 2.45) is 0 Å². The molecular weight excluding hydrogens is 238 g/mol. The highest BCUT2D eigenvalue weighted by atomic mass is 16.3. The summed E-state index contributed by atoms with van der Waals surface area (Å²) in [5.74, 6) is 0.830. The van der Waals surface area contributed by atoms with Gasteiger partial charge in [-0.2, -0.15) is 0 Å². The minimum Gasteiger partial charge on any atom is -0.463 e. The zero-order valence-corrected chi connectivity index (χ0v) is 10.7. The average molecular weight is 255 g/mol. The van der Waals surface area contributed by atoms with Crippen molar-refractivity contribution in [1.82, 2.24) is 15.2 Å². The number of fused-ring (bicyclic) bond motifs is 2. The number of pyridine rings is 1. The second kappa shape index (κ2) is 4.47. The molecule has 1 N–H and O–H groups in total. The molecular formula is C15H17N3O. The lowest BCUT2D eigenvalue weighted by molar-refractivity contribution is -0.0207. The number of rotatable bonds is 3. The lowest BCUT2D eigenvalue weighted by Gasteiger charge is -2.53. The molecule has 4 rings (SSSR count). The van der Waals surface area contributed by atoms with E-state index in [4.69, 9.17) is 4.42 Å². The summed E-state index contributed by atoms with van der Waals surface area (Å²) in [6, 6.07) is 9.48. The maximum Gasteiger partial charge on any atom is 0.152 e. The molecule has 2 aliphatic heterocycles. The highest BCUT2D eigenvalue weighted by Gasteiger charge is 2.40. The Hall–Kier alpha value is -1.65. The predicted octanol–water partition coefficient (Wildman–Crippen LogP) is 1.89. The van der Waals surface area contributed by atoms with Gasteiger partial charge in [0.15, 0.2) is 5.76 Å². The number of piperidine rings is 1. The van der Waals surface area contributed by atoms with E-state index in [0.29, 0.717) is 0 Å². The first-order valence-electron chi connectivity index (χ1n) is 6.85. The molecule has 2 aliphatic rings. The van der Waals surface area contributed by atoms with Gasteiger partial charge in [-0.05, 0) is 30.2 Å². The zero-order chi connectivity index (χ0) is 12.7. The van der Waals surface area contributed by atoms with Crippen LogP contribution in [0.15, 0.2) is 41.1 Å². The first kappa shape index (κ1) is 11.2. The Morgan fingerprint density at radius 2 is 2.16 bits per heavy atom. The molecule has 98 valence electrons. The van der Waals surface area contributed by atoms with Gasteiger partial charge in [0.05, 0.1) is 6.26 Å². The van der Waals surface area contributed by atoms with Gasteiger partial charge in [-0.3, -0.25) is 9.88 Å². The number of piperazine rings is 1. The van der Waals surface area contributed by atoms with Crippen molar-refractivity contribution >= 4 is 0 Å². The van der Waals surface area contributed by atoms with Crippen LogP contribution >= 0.6 is 0 Å². The molecule has 2 aromatic heterocycles. The van der Waals surface area contributed by atoms with E-state index >= 15 is 0 Å². The van der Waals surface area contributed by atoms with Crippen LogP contribution in [0.3, 0.4) is 0 Å². The van der Waals surface area contributed by atoms with Crippen molar-refractivity contribution in [3.8, 4) is 11.5 Å². The van der Waals surface area contributed by atoms with E-state index in [1.54, 1.807) is 6.26 Å². The van der Waals surface area contributed by atoms with Crippen molar-refractivity contribution in [1.29, 1.82) is 0 Å². The molecule has 0 aromatic carbocycles. The SMILES string of the molecule is c1coc(-c2ccc(CN3C4CNCC3C4)cn2)c1. The van der Waals surface area contributed by atoms with Gasteiger partial charge < -0.3 is 9.73 Å². The second-order valence-electron chi connectivity index (χ2n) is 5.40. The van der Waals surface area contributed by atoms with Crippen LogP contribution in [-0.2, 0) is 6.54 Å². The van der Waals surface area contributed by atoms with Crippen molar-refractivity contribution in [2.45, 2.75) is 25.0 Å². The van der Waals surface area contributed by atoms with Gasteiger partial charge in [0.2, 0.25) is 0 Å². The maximum atomic E-state index is 5.35. The van der Waals surface area contributed by atoms with E-state index in [-0.39, 0.29) is 0 Å². The fourth-order valence-electron chi connectivity index (χ4n) is 3.12. The summed E-state index contributed by atoms with van der Waals surface area (Å²) in [5.41, 5.74) is 2.19. The van der Waals surface area contributed by atoms with E-state index in [1.807, 2.05) is 24.4 Å². The van der Waals surface area contributed by atoms with Gasteiger partial charge in [-0.15, -0.1) is 0 Å². The van der Waals surface area contributed by atoms with E-state index in [0.717, 1.165) is 43.2 Å². The summed E-state index contributed by atoms with van der Waals surface area (Å²) in [5, 5.41) is 3.46. The van der Waals surface area contributed by atoms with Crippen LogP contribution in [0.25, 0.3) is 11.5 Å². The van der Waals surface area contributed by atoms with E-state index in [1.165, 1.54) is 12.0 Å². The lowest BCUT2D eigenvalue weighted by Crippen LogP contribution is -2.67. The summed E-state index contributed by atoms with van der Waals surface area (Å²) in [6.45, 7) is 3.28. The van der Waals surface area contributed by atoms with Crippen molar-refractivity contribution in [3.63, 3.8) is 0 Å². The third-order valence-corrected chi connectivity index (χ3v) is 4.21. The summed E-state index contributed by atoms with van der Waals surface area (Å²) >= 11 is 0. The fraction of sp³-hybridized carbons (Fsp3) is 0.400. The highest BCUT2D eigenvalue weighted by Crippen LogP contribution is 2.30. The Kier molecular flexibility index (Phi) is 2.64. The van der Waals surface area contributed by atoms with E-state index in [2.05, 4.69) is 21.3 Å². The van der Waals surface area contributed by atoms with Crippen LogP contribution in [0, 0.1) is 0 Å². The molecule has 2 saturated heterocycles. The number of furan rings is 1. The minimum absolute atomic E-state index is 0.725. The topological polar surface area (TPSA) is 41.3 Å². The summed E-state index contributed by atoms with van der Waals surface area (Å²) in [4.78, 5) is 7.07. The minimum atomic E-state index is 0.725. The predicted molar refractivity (Wildman–Crippen MR) is 72.5 cm³/mol. The van der Waals surface area contributed by atoms with E-state index in [9.17, 15) is 0 Å². The summed E-state index contributed by atoms with van der Waals surface area (Å²) in [7, 11) is 0. The first-order chi connectivity index (χ1) is 9.40. The van der Waals surface area contributed by atoms with Crippen LogP contribution in [0.2, 0.25) is 0 Å². The third-order valence-electron chi connectivity index (χ3n) is 4.21. The molecule has 0 saturated carbocycles. The van der Waals surface area contributed by atoms with Crippen LogP contribution in [0.1, 0.15) is 12.0 Å². The van der Waals surface area contributed by atoms with Gasteiger partial charge in [-0.1, -0.05) is 6.07 Å². The van der Waals surface area contributed by atoms with Crippen molar-refractivity contribution < 1.29 is 4.42 Å². The van der Waals surface area contributed by atoms with Gasteiger partial charge in [0, 0.05) is 37.9 Å². The van der Waals surface area contributed by atoms with Crippen LogP contribution < -0.4 is 5.32 Å². The molecule has 0 spiro atoms. The molecule has 4 heteroatoms. The zero-order valence-electron chi connectivity index (χ0n) is 10.7. The first-order valence-corrected chi connectivity index (χ1v) is 6.85. The molecule has 0 amide bonds. The standard InChI is InChI=1S/C15H17N3O/c1-2-15(19-5-1)14-4-3-11(7-17-14)10-18-12-6-13(18)9-16-8-12/h1-5,7,12-13,16H,6,8-10H2. The number of hydrogen-bond donors (Lipinski definition) is 1. The quantitative estimate of drug-likeness (QED) is 0.909. The highest BCUT2D eigenvalue weighted by molar-refractivity contribution is 5.51. The number of hydrogen-bond acceptors (Lipinski definition) is 4.